The molecule has 0 saturated carbocycles. The Morgan fingerprint density at radius 3 is 2.24 bits per heavy atom. The number of anilines is 1. The van der Waals surface area contributed by atoms with Gasteiger partial charge in [-0.15, -0.1) is 0 Å². The van der Waals surface area contributed by atoms with Crippen LogP contribution in [0.2, 0.25) is 5.02 Å². The van der Waals surface area contributed by atoms with E-state index in [9.17, 15) is 4.79 Å². The molecule has 0 fully saturated rings. The molecular weight excluding hydrogens is 382 g/mol. The van der Waals surface area contributed by atoms with Crippen LogP contribution >= 0.6 is 11.6 Å². The molecule has 0 unspecified atom stereocenters. The van der Waals surface area contributed by atoms with Crippen LogP contribution in [0.3, 0.4) is 0 Å². The molecule has 0 spiro atoms. The standard InChI is InChI=1S/C24H18ClN3O/c25-20-13-11-19(12-14-20)23(29)15-16-26-24-17-22(18-7-3-1-4-8-18)27-28(24)21-9-5-2-6-10-21/h1-17,26H/b16-15+. The van der Waals surface area contributed by atoms with Gasteiger partial charge in [0.1, 0.15) is 5.82 Å². The maximum atomic E-state index is 12.3. The van der Waals surface area contributed by atoms with E-state index in [1.807, 2.05) is 71.4 Å². The summed E-state index contributed by atoms with van der Waals surface area (Å²) in [6, 6.07) is 28.6. The molecule has 0 radical (unpaired) electrons. The van der Waals surface area contributed by atoms with Crippen molar-refractivity contribution < 1.29 is 4.79 Å². The number of halogens is 1. The molecule has 0 aliphatic rings. The molecule has 3 aromatic carbocycles. The summed E-state index contributed by atoms with van der Waals surface area (Å²) < 4.78 is 1.82. The number of benzene rings is 3. The van der Waals surface area contributed by atoms with Crippen molar-refractivity contribution in [3.05, 3.63) is 114 Å². The third-order valence-corrected chi connectivity index (χ3v) is 4.63. The van der Waals surface area contributed by atoms with Crippen molar-refractivity contribution >= 4 is 23.2 Å². The number of nitrogens with zero attached hydrogens (tertiary/aromatic N) is 2. The Hall–Kier alpha value is -3.63. The summed E-state index contributed by atoms with van der Waals surface area (Å²) in [5.74, 6) is 0.651. The molecule has 4 aromatic rings. The zero-order valence-electron chi connectivity index (χ0n) is 15.5. The van der Waals surface area contributed by atoms with Gasteiger partial charge in [-0.1, -0.05) is 60.1 Å². The lowest BCUT2D eigenvalue weighted by atomic mass is 10.1. The van der Waals surface area contributed by atoms with E-state index in [0.717, 1.165) is 22.8 Å². The van der Waals surface area contributed by atoms with E-state index in [2.05, 4.69) is 5.32 Å². The van der Waals surface area contributed by atoms with Gasteiger partial charge in [-0.3, -0.25) is 4.79 Å². The van der Waals surface area contributed by atoms with Gasteiger partial charge in [-0.05, 0) is 36.4 Å². The molecule has 5 heteroatoms. The molecule has 0 aliphatic carbocycles. The predicted molar refractivity (Wildman–Crippen MR) is 118 cm³/mol. The zero-order valence-corrected chi connectivity index (χ0v) is 16.3. The summed E-state index contributed by atoms with van der Waals surface area (Å²) in [6.07, 6.45) is 3.12. The smallest absolute Gasteiger partial charge is 0.187 e. The summed E-state index contributed by atoms with van der Waals surface area (Å²) in [4.78, 5) is 12.3. The highest BCUT2D eigenvalue weighted by molar-refractivity contribution is 6.30. The second-order valence-corrected chi connectivity index (χ2v) is 6.81. The lowest BCUT2D eigenvalue weighted by molar-refractivity contribution is 0.104. The first kappa shape index (κ1) is 18.7. The number of carbonyl (C=O) groups is 1. The first-order valence-corrected chi connectivity index (χ1v) is 9.52. The second-order valence-electron chi connectivity index (χ2n) is 6.38. The van der Waals surface area contributed by atoms with Crippen LogP contribution in [0.1, 0.15) is 10.4 Å². The van der Waals surface area contributed by atoms with E-state index >= 15 is 0 Å². The van der Waals surface area contributed by atoms with Crippen LogP contribution < -0.4 is 5.32 Å². The molecule has 0 saturated heterocycles. The maximum Gasteiger partial charge on any atom is 0.187 e. The van der Waals surface area contributed by atoms with Crippen LogP contribution in [0.5, 0.6) is 0 Å². The van der Waals surface area contributed by atoms with Crippen molar-refractivity contribution in [3.8, 4) is 16.9 Å². The van der Waals surface area contributed by atoms with Gasteiger partial charge in [-0.2, -0.15) is 5.10 Å². The number of aromatic nitrogens is 2. The Morgan fingerprint density at radius 2 is 1.55 bits per heavy atom. The fourth-order valence-electron chi connectivity index (χ4n) is 2.91. The number of allylic oxidation sites excluding steroid dienone is 1. The van der Waals surface area contributed by atoms with E-state index in [-0.39, 0.29) is 5.78 Å². The minimum atomic E-state index is -0.108. The number of nitrogens with one attached hydrogen (secondary N) is 1. The summed E-state index contributed by atoms with van der Waals surface area (Å²) in [5, 5.41) is 8.52. The minimum absolute atomic E-state index is 0.108. The Kier molecular flexibility index (Phi) is 5.54. The van der Waals surface area contributed by atoms with Crippen LogP contribution in [0, 0.1) is 0 Å². The molecule has 4 nitrogen and oxygen atoms in total. The van der Waals surface area contributed by atoms with Gasteiger partial charge in [0.05, 0.1) is 11.4 Å². The van der Waals surface area contributed by atoms with E-state index in [4.69, 9.17) is 16.7 Å². The van der Waals surface area contributed by atoms with Gasteiger partial charge in [-0.25, -0.2) is 4.68 Å². The molecule has 1 aromatic heterocycles. The normalized spacial score (nSPS) is 10.9. The van der Waals surface area contributed by atoms with Crippen molar-refractivity contribution in [2.45, 2.75) is 0 Å². The number of rotatable bonds is 6. The monoisotopic (exact) mass is 399 g/mol. The van der Waals surface area contributed by atoms with Crippen LogP contribution in [0.15, 0.2) is 103 Å². The molecule has 1 N–H and O–H groups in total. The Morgan fingerprint density at radius 1 is 0.897 bits per heavy atom. The van der Waals surface area contributed by atoms with Crippen LogP contribution in [-0.2, 0) is 0 Å². The molecule has 142 valence electrons. The van der Waals surface area contributed by atoms with E-state index in [1.165, 1.54) is 6.08 Å². The SMILES string of the molecule is O=C(/C=C/Nc1cc(-c2ccccc2)nn1-c1ccccc1)c1ccc(Cl)cc1. The summed E-state index contributed by atoms with van der Waals surface area (Å²) in [7, 11) is 0. The highest BCUT2D eigenvalue weighted by Gasteiger charge is 2.10. The number of hydrogen-bond donors (Lipinski definition) is 1. The van der Waals surface area contributed by atoms with Crippen LogP contribution in [0.4, 0.5) is 5.82 Å². The summed E-state index contributed by atoms with van der Waals surface area (Å²) in [5.41, 5.74) is 3.37. The van der Waals surface area contributed by atoms with Gasteiger partial charge in [0, 0.05) is 34.5 Å². The highest BCUT2D eigenvalue weighted by atomic mass is 35.5. The number of hydrogen-bond acceptors (Lipinski definition) is 3. The molecule has 0 bridgehead atoms. The fourth-order valence-corrected chi connectivity index (χ4v) is 3.04. The highest BCUT2D eigenvalue weighted by Crippen LogP contribution is 2.24. The van der Waals surface area contributed by atoms with E-state index in [0.29, 0.717) is 10.6 Å². The van der Waals surface area contributed by atoms with Crippen LogP contribution in [0.25, 0.3) is 16.9 Å². The largest absolute Gasteiger partial charge is 0.346 e. The Balaban J connectivity index is 1.61. The second kappa shape index (κ2) is 8.59. The average Bonchev–Trinajstić information content (AvgIpc) is 3.19. The van der Waals surface area contributed by atoms with Crippen molar-refractivity contribution in [2.75, 3.05) is 5.32 Å². The Bertz CT molecular complexity index is 1130. The Labute approximate surface area is 174 Å². The third kappa shape index (κ3) is 4.45. The first-order valence-electron chi connectivity index (χ1n) is 9.14. The number of para-hydroxylation sites is 1. The van der Waals surface area contributed by atoms with Gasteiger partial charge in [0.25, 0.3) is 0 Å². The number of ketones is 1. The van der Waals surface area contributed by atoms with Gasteiger partial charge >= 0.3 is 0 Å². The van der Waals surface area contributed by atoms with E-state index in [1.54, 1.807) is 30.5 Å². The van der Waals surface area contributed by atoms with Crippen molar-refractivity contribution in [2.24, 2.45) is 0 Å². The van der Waals surface area contributed by atoms with Crippen molar-refractivity contribution in [1.29, 1.82) is 0 Å². The summed E-state index contributed by atoms with van der Waals surface area (Å²) in [6.45, 7) is 0. The summed E-state index contributed by atoms with van der Waals surface area (Å²) >= 11 is 5.88. The third-order valence-electron chi connectivity index (χ3n) is 4.37. The molecule has 29 heavy (non-hydrogen) atoms. The van der Waals surface area contributed by atoms with Gasteiger partial charge in [0.15, 0.2) is 5.78 Å². The first-order chi connectivity index (χ1) is 14.2. The van der Waals surface area contributed by atoms with Crippen LogP contribution in [-0.4, -0.2) is 15.6 Å². The van der Waals surface area contributed by atoms with Crippen molar-refractivity contribution in [1.82, 2.24) is 9.78 Å². The molecule has 4 rings (SSSR count). The maximum absolute atomic E-state index is 12.3. The molecular formula is C24H18ClN3O. The lowest BCUT2D eigenvalue weighted by Crippen LogP contribution is -2.02. The lowest BCUT2D eigenvalue weighted by Gasteiger charge is -2.06. The molecule has 0 amide bonds. The van der Waals surface area contributed by atoms with Gasteiger partial charge < -0.3 is 5.32 Å². The van der Waals surface area contributed by atoms with E-state index < -0.39 is 0 Å². The molecule has 0 atom stereocenters. The molecule has 1 heterocycles. The molecule has 0 aliphatic heterocycles. The predicted octanol–water partition coefficient (Wildman–Crippen LogP) is 6.00. The number of carbonyl (C=O) groups excluding carboxylic acids is 1. The zero-order chi connectivity index (χ0) is 20.1. The van der Waals surface area contributed by atoms with Gasteiger partial charge in [0.2, 0.25) is 0 Å². The average molecular weight is 400 g/mol. The van der Waals surface area contributed by atoms with Crippen molar-refractivity contribution in [3.63, 3.8) is 0 Å². The topological polar surface area (TPSA) is 46.9 Å². The minimum Gasteiger partial charge on any atom is -0.346 e. The quantitative estimate of drug-likeness (QED) is 0.319. The fraction of sp³-hybridized carbons (Fsp3) is 0.